The zero-order valence-corrected chi connectivity index (χ0v) is 16.2. The van der Waals surface area contributed by atoms with Gasteiger partial charge in [-0.15, -0.1) is 0 Å². The lowest BCUT2D eigenvalue weighted by Crippen LogP contribution is -2.38. The summed E-state index contributed by atoms with van der Waals surface area (Å²) in [6.45, 7) is 3.49. The minimum atomic E-state index is -0.628. The average molecular weight is 382 g/mol. The Morgan fingerprint density at radius 2 is 1.96 bits per heavy atom. The molecule has 0 atom stereocenters. The van der Waals surface area contributed by atoms with Gasteiger partial charge in [0.2, 0.25) is 5.91 Å². The van der Waals surface area contributed by atoms with Gasteiger partial charge in [-0.25, -0.2) is 9.69 Å². The molecule has 1 aliphatic heterocycles. The van der Waals surface area contributed by atoms with Crippen molar-refractivity contribution in [1.29, 1.82) is 0 Å². The van der Waals surface area contributed by atoms with Crippen molar-refractivity contribution in [3.8, 4) is 5.75 Å². The van der Waals surface area contributed by atoms with Crippen molar-refractivity contribution in [2.45, 2.75) is 13.8 Å². The molecule has 146 valence electrons. The number of carbonyl (C=O) groups is 3. The van der Waals surface area contributed by atoms with Gasteiger partial charge >= 0.3 is 6.03 Å². The largest absolute Gasteiger partial charge is 0.495 e. The number of anilines is 1. The molecule has 0 bridgehead atoms. The van der Waals surface area contributed by atoms with E-state index >= 15 is 0 Å². The highest BCUT2D eigenvalue weighted by molar-refractivity contribution is 6.16. The molecule has 4 amide bonds. The molecule has 2 heterocycles. The van der Waals surface area contributed by atoms with Gasteiger partial charge in [0.05, 0.1) is 12.8 Å². The van der Waals surface area contributed by atoms with E-state index in [0.29, 0.717) is 11.4 Å². The number of aryl methyl sites for hydroxylation is 1. The number of benzene rings is 1. The van der Waals surface area contributed by atoms with Gasteiger partial charge in [0.15, 0.2) is 0 Å². The molecule has 2 N–H and O–H groups in total. The lowest BCUT2D eigenvalue weighted by Gasteiger charge is -2.13. The molecule has 2 aromatic rings. The van der Waals surface area contributed by atoms with Gasteiger partial charge in [0.1, 0.15) is 18.0 Å². The van der Waals surface area contributed by atoms with Crippen LogP contribution in [0.3, 0.4) is 0 Å². The highest BCUT2D eigenvalue weighted by Crippen LogP contribution is 2.23. The maximum absolute atomic E-state index is 12.6. The zero-order valence-electron chi connectivity index (χ0n) is 16.2. The van der Waals surface area contributed by atoms with Crippen molar-refractivity contribution in [3.05, 3.63) is 53.0 Å². The van der Waals surface area contributed by atoms with E-state index < -0.39 is 24.4 Å². The molecule has 0 aliphatic carbocycles. The molecule has 8 nitrogen and oxygen atoms in total. The first-order valence-electron chi connectivity index (χ1n) is 8.72. The molecule has 3 rings (SSSR count). The van der Waals surface area contributed by atoms with Crippen LogP contribution in [0.1, 0.15) is 17.0 Å². The Balaban J connectivity index is 1.74. The molecule has 28 heavy (non-hydrogen) atoms. The van der Waals surface area contributed by atoms with Gasteiger partial charge in [0, 0.05) is 18.4 Å². The van der Waals surface area contributed by atoms with Gasteiger partial charge in [0.25, 0.3) is 5.91 Å². The predicted molar refractivity (Wildman–Crippen MR) is 105 cm³/mol. The van der Waals surface area contributed by atoms with Crippen molar-refractivity contribution in [1.82, 2.24) is 14.8 Å². The van der Waals surface area contributed by atoms with Gasteiger partial charge in [-0.05, 0) is 43.7 Å². The summed E-state index contributed by atoms with van der Waals surface area (Å²) < 4.78 is 7.17. The van der Waals surface area contributed by atoms with E-state index in [-0.39, 0.29) is 5.70 Å². The zero-order chi connectivity index (χ0) is 20.4. The molecule has 1 saturated heterocycles. The van der Waals surface area contributed by atoms with E-state index in [1.165, 1.54) is 7.11 Å². The van der Waals surface area contributed by atoms with E-state index in [1.807, 2.05) is 31.5 Å². The number of aromatic nitrogens is 1. The molecule has 1 aromatic heterocycles. The Morgan fingerprint density at radius 1 is 1.25 bits per heavy atom. The molecular formula is C20H22N4O4. The molecule has 1 aromatic carbocycles. The van der Waals surface area contributed by atoms with Crippen LogP contribution in [0.2, 0.25) is 0 Å². The van der Waals surface area contributed by atoms with E-state index in [1.54, 1.807) is 30.3 Å². The Labute approximate surface area is 162 Å². The second-order valence-electron chi connectivity index (χ2n) is 6.51. The average Bonchev–Trinajstić information content (AvgIpc) is 3.07. The normalized spacial score (nSPS) is 15.1. The number of amides is 4. The van der Waals surface area contributed by atoms with Crippen LogP contribution in [0.4, 0.5) is 10.5 Å². The van der Waals surface area contributed by atoms with Gasteiger partial charge < -0.3 is 19.9 Å². The first-order chi connectivity index (χ1) is 13.3. The minimum Gasteiger partial charge on any atom is -0.495 e. The van der Waals surface area contributed by atoms with Crippen molar-refractivity contribution in [2.75, 3.05) is 19.0 Å². The molecule has 1 aliphatic rings. The van der Waals surface area contributed by atoms with Gasteiger partial charge in [-0.2, -0.15) is 0 Å². The highest BCUT2D eigenvalue weighted by atomic mass is 16.5. The van der Waals surface area contributed by atoms with Crippen LogP contribution in [0.5, 0.6) is 5.75 Å². The lowest BCUT2D eigenvalue weighted by molar-refractivity contribution is -0.127. The fourth-order valence-electron chi connectivity index (χ4n) is 2.98. The third-order valence-electron chi connectivity index (χ3n) is 4.76. The van der Waals surface area contributed by atoms with E-state index in [4.69, 9.17) is 4.74 Å². The number of para-hydroxylation sites is 2. The summed E-state index contributed by atoms with van der Waals surface area (Å²) in [5.74, 6) is -0.550. The number of urea groups is 1. The lowest BCUT2D eigenvalue weighted by atomic mass is 10.2. The summed E-state index contributed by atoms with van der Waals surface area (Å²) >= 11 is 0. The van der Waals surface area contributed by atoms with Crippen LogP contribution in [0.15, 0.2) is 36.0 Å². The Morgan fingerprint density at radius 3 is 2.61 bits per heavy atom. The third-order valence-corrected chi connectivity index (χ3v) is 4.76. The fourth-order valence-corrected chi connectivity index (χ4v) is 2.98. The number of methoxy groups -OCH3 is 1. The number of nitrogens with one attached hydrogen (secondary N) is 2. The standard InChI is InChI=1S/C20H22N4O4/c1-12-9-14(13(2)23(12)3)10-16-19(26)24(20(27)22-16)11-18(25)21-15-7-5-6-8-17(15)28-4/h5-10H,11H2,1-4H3,(H,21,25)(H,22,27). The fraction of sp³-hybridized carbons (Fsp3) is 0.250. The van der Waals surface area contributed by atoms with Gasteiger partial charge in [-0.1, -0.05) is 12.1 Å². The molecule has 0 spiro atoms. The molecule has 0 saturated carbocycles. The van der Waals surface area contributed by atoms with Gasteiger partial charge in [-0.3, -0.25) is 9.59 Å². The third kappa shape index (κ3) is 3.62. The van der Waals surface area contributed by atoms with E-state index in [9.17, 15) is 14.4 Å². The summed E-state index contributed by atoms with van der Waals surface area (Å²) in [6.07, 6.45) is 1.63. The number of ether oxygens (including phenoxy) is 1. The predicted octanol–water partition coefficient (Wildman–Crippen LogP) is 2.18. The number of carbonyl (C=O) groups excluding carboxylic acids is 3. The van der Waals surface area contributed by atoms with Crippen molar-refractivity contribution in [3.63, 3.8) is 0 Å². The van der Waals surface area contributed by atoms with Crippen LogP contribution in [-0.4, -0.2) is 41.0 Å². The summed E-state index contributed by atoms with van der Waals surface area (Å²) in [7, 11) is 3.42. The van der Waals surface area contributed by atoms with Crippen molar-refractivity contribution in [2.24, 2.45) is 7.05 Å². The second-order valence-corrected chi connectivity index (χ2v) is 6.51. The monoisotopic (exact) mass is 382 g/mol. The maximum Gasteiger partial charge on any atom is 0.329 e. The molecule has 1 fully saturated rings. The van der Waals surface area contributed by atoms with E-state index in [0.717, 1.165) is 21.9 Å². The maximum atomic E-state index is 12.6. The van der Waals surface area contributed by atoms with Crippen molar-refractivity contribution < 1.29 is 19.1 Å². The number of imide groups is 1. The molecule has 8 heteroatoms. The molecule has 0 unspecified atom stereocenters. The van der Waals surface area contributed by atoms with Crippen LogP contribution in [-0.2, 0) is 16.6 Å². The molecule has 0 radical (unpaired) electrons. The summed E-state index contributed by atoms with van der Waals surface area (Å²) in [5, 5.41) is 5.19. The van der Waals surface area contributed by atoms with Crippen molar-refractivity contribution >= 4 is 29.6 Å². The quantitative estimate of drug-likeness (QED) is 0.612. The Hall–Kier alpha value is -3.55. The van der Waals surface area contributed by atoms with E-state index in [2.05, 4.69) is 10.6 Å². The highest BCUT2D eigenvalue weighted by Gasteiger charge is 2.35. The van der Waals surface area contributed by atoms with Crippen LogP contribution < -0.4 is 15.4 Å². The minimum absolute atomic E-state index is 0.142. The first kappa shape index (κ1) is 19.2. The number of nitrogens with zero attached hydrogens (tertiary/aromatic N) is 2. The Bertz CT molecular complexity index is 990. The number of rotatable bonds is 5. The topological polar surface area (TPSA) is 92.7 Å². The summed E-state index contributed by atoms with van der Waals surface area (Å²) in [6, 6.07) is 8.20. The molecular weight excluding hydrogens is 360 g/mol. The SMILES string of the molecule is COc1ccccc1NC(=O)CN1C(=O)NC(=Cc2cc(C)n(C)c2C)C1=O. The number of hydrogen-bond donors (Lipinski definition) is 2. The number of hydrogen-bond acceptors (Lipinski definition) is 4. The van der Waals surface area contributed by atoms with Crippen LogP contribution in [0.25, 0.3) is 6.08 Å². The van der Waals surface area contributed by atoms with Crippen LogP contribution in [0, 0.1) is 13.8 Å². The summed E-state index contributed by atoms with van der Waals surface area (Å²) in [5.41, 5.74) is 3.45. The smallest absolute Gasteiger partial charge is 0.329 e. The Kier molecular flexibility index (Phi) is 5.21. The first-order valence-corrected chi connectivity index (χ1v) is 8.72. The van der Waals surface area contributed by atoms with Crippen LogP contribution >= 0.6 is 0 Å². The summed E-state index contributed by atoms with van der Waals surface area (Å²) in [4.78, 5) is 38.0. The second kappa shape index (κ2) is 7.59.